The predicted molar refractivity (Wildman–Crippen MR) is 501 cm³/mol. The third-order valence-corrected chi connectivity index (χ3v) is 30.0. The van der Waals surface area contributed by atoms with Crippen LogP contribution in [0.5, 0.6) is 0 Å². The largest absolute Gasteiger partial charge is 0.456 e. The fourth-order valence-electron chi connectivity index (χ4n) is 25.0. The maximum absolute atomic E-state index is 7.70. The van der Waals surface area contributed by atoms with Crippen molar-refractivity contribution in [3.63, 3.8) is 0 Å². The Bertz CT molecular complexity index is 6860. The lowest BCUT2D eigenvalue weighted by Gasteiger charge is -2.40. The van der Waals surface area contributed by atoms with Gasteiger partial charge in [-0.15, -0.1) is 0 Å². The van der Waals surface area contributed by atoms with Gasteiger partial charge in [0.2, 0.25) is 0 Å². The van der Waals surface area contributed by atoms with Gasteiger partial charge < -0.3 is 18.2 Å². The summed E-state index contributed by atoms with van der Waals surface area (Å²) in [5.41, 5.74) is 39.8. The molecular formula is C116H105NO3. The molecule has 6 aliphatic carbocycles. The van der Waals surface area contributed by atoms with E-state index < -0.39 is 10.8 Å². The monoisotopic (exact) mass is 1560 g/mol. The Balaban J connectivity index is 0.800. The molecule has 0 unspecified atom stereocenters. The van der Waals surface area contributed by atoms with E-state index in [1.54, 1.807) is 16.7 Å². The minimum absolute atomic E-state index is 0.207. The van der Waals surface area contributed by atoms with E-state index in [0.717, 1.165) is 105 Å². The molecule has 0 saturated carbocycles. The van der Waals surface area contributed by atoms with Crippen molar-refractivity contribution in [2.24, 2.45) is 0 Å². The molecule has 0 saturated heterocycles. The lowest BCUT2D eigenvalue weighted by molar-refractivity contribution is 0.369. The summed E-state index contributed by atoms with van der Waals surface area (Å²) in [5, 5.41) is 7.12. The minimum Gasteiger partial charge on any atom is -0.456 e. The van der Waals surface area contributed by atoms with Gasteiger partial charge in [0.25, 0.3) is 0 Å². The molecule has 592 valence electrons. The van der Waals surface area contributed by atoms with Crippen molar-refractivity contribution in [3.05, 3.63) is 340 Å². The highest BCUT2D eigenvalue weighted by Gasteiger charge is 2.59. The summed E-state index contributed by atoms with van der Waals surface area (Å²) in [4.78, 5) is 2.66. The number of fused-ring (bicyclic) bond motifs is 39. The zero-order chi connectivity index (χ0) is 80.0. The summed E-state index contributed by atoms with van der Waals surface area (Å²) in [6, 6.07) is 107. The molecule has 0 atom stereocenters. The number of nitrogens with zero attached hydrogens (tertiary/aromatic N) is 1. The smallest absolute Gasteiger partial charge is 0.144 e. The summed E-state index contributed by atoms with van der Waals surface area (Å²) in [5.74, 6) is 0. The molecule has 17 aromatic rings. The topological polar surface area (TPSA) is 42.7 Å². The summed E-state index contributed by atoms with van der Waals surface area (Å²) in [6.45, 7) is 9.50. The minimum atomic E-state index is -0.732. The number of unbranched alkanes of at least 4 members (excludes halogenated alkanes) is 16. The van der Waals surface area contributed by atoms with Crippen LogP contribution in [0.15, 0.2) is 286 Å². The molecule has 3 aromatic heterocycles. The average Bonchev–Trinajstić information content (AvgIpc) is 1.41. The number of hydrogen-bond donors (Lipinski definition) is 0. The van der Waals surface area contributed by atoms with Gasteiger partial charge in [-0.3, -0.25) is 0 Å². The van der Waals surface area contributed by atoms with Crippen LogP contribution in [0.3, 0.4) is 0 Å². The zero-order valence-corrected chi connectivity index (χ0v) is 70.1. The van der Waals surface area contributed by atoms with Gasteiger partial charge in [-0.1, -0.05) is 350 Å². The molecule has 0 radical (unpaired) electrons. The molecule has 0 aliphatic heterocycles. The van der Waals surface area contributed by atoms with Crippen LogP contribution in [0.2, 0.25) is 0 Å². The second-order valence-corrected chi connectivity index (χ2v) is 36.3. The van der Waals surface area contributed by atoms with Crippen LogP contribution in [-0.2, 0) is 21.7 Å². The quantitative estimate of drug-likeness (QED) is 0.0481. The molecule has 14 aromatic carbocycles. The van der Waals surface area contributed by atoms with E-state index >= 15 is 0 Å². The van der Waals surface area contributed by atoms with Crippen molar-refractivity contribution >= 4 is 82.9 Å². The fraction of sp³-hybridized carbons (Fsp3) is 0.276. The number of para-hydroxylation sites is 3. The number of rotatable bonds is 27. The molecule has 0 bridgehead atoms. The van der Waals surface area contributed by atoms with E-state index in [4.69, 9.17) is 13.3 Å². The number of anilines is 3. The Morgan fingerprint density at radius 2 is 0.600 bits per heavy atom. The molecule has 6 aliphatic rings. The van der Waals surface area contributed by atoms with E-state index in [2.05, 4.69) is 306 Å². The molecule has 120 heavy (non-hydrogen) atoms. The molecule has 0 amide bonds. The van der Waals surface area contributed by atoms with Crippen molar-refractivity contribution in [2.75, 3.05) is 4.90 Å². The van der Waals surface area contributed by atoms with Crippen LogP contribution in [0.1, 0.15) is 249 Å². The van der Waals surface area contributed by atoms with E-state index in [-0.39, 0.29) is 10.8 Å². The van der Waals surface area contributed by atoms with Gasteiger partial charge in [0.1, 0.15) is 33.5 Å². The van der Waals surface area contributed by atoms with E-state index in [1.165, 1.54) is 249 Å². The van der Waals surface area contributed by atoms with Crippen molar-refractivity contribution in [2.45, 2.75) is 203 Å². The zero-order valence-electron chi connectivity index (χ0n) is 70.1. The lowest BCUT2D eigenvalue weighted by atomic mass is 9.62. The van der Waals surface area contributed by atoms with Gasteiger partial charge in [0.05, 0.1) is 10.8 Å². The van der Waals surface area contributed by atoms with E-state index in [1.807, 2.05) is 0 Å². The normalized spacial score (nSPS) is 14.9. The average molecular weight is 1560 g/mol. The van der Waals surface area contributed by atoms with Gasteiger partial charge in [-0.2, -0.15) is 0 Å². The molecule has 2 spiro atoms. The second kappa shape index (κ2) is 29.0. The SMILES string of the molecule is CCCCCCCC1(CCCCCCC)c2ccccc2-c2c1c1c(c3c2oc2ccccc23)-c2ccc(N(c3ccc4c(c3)C3(c5ccccc5-c5ccccc53)c3cc5c(cc3-4)C3(c4ccccc4-c4ccccc43)c3ccc4oc6ccccc6c4c3-5)c3ccc4c(c3)oc3ccccc34)cc2C1(CCCCCCC)CCCCCCC. The standard InChI is InChI=1S/C116H105NO3/c1-5-9-13-17-37-65-113(66-38-18-14-10-6-2)90-49-29-25-46-84(90)109-111(113)110-107(108-87-48-28-36-56-102(87)120-112(108)109)85-62-59-74(69-96(85)114(110,67-39-19-15-11-7-3)68-40-20-16-12-8-4)117(76-58-61-83-82-45-26-34-54-100(82)119-104(83)71-76)75-57-60-81-88-72-99-89(73-98(88)116(97(81)70-75)93-52-32-23-43-79(93)80-44-24-33-53-94(80)116)105-95(63-64-103-106(105)86-47-27-35-55-101(86)118-103)115(99)91-50-30-21-41-77(91)78-42-22-31-51-92(78)115/h21-36,41-64,69-73H,5-20,37-40,65-68H2,1-4H3. The van der Waals surface area contributed by atoms with Gasteiger partial charge >= 0.3 is 0 Å². The summed E-state index contributed by atoms with van der Waals surface area (Å²) in [7, 11) is 0. The van der Waals surface area contributed by atoms with Gasteiger partial charge in [0.15, 0.2) is 0 Å². The second-order valence-electron chi connectivity index (χ2n) is 36.3. The third-order valence-electron chi connectivity index (χ3n) is 30.0. The Labute approximate surface area is 706 Å². The van der Waals surface area contributed by atoms with Gasteiger partial charge in [0, 0.05) is 71.8 Å². The van der Waals surface area contributed by atoms with Crippen molar-refractivity contribution in [1.82, 2.24) is 0 Å². The Morgan fingerprint density at radius 3 is 1.17 bits per heavy atom. The molecule has 3 heterocycles. The summed E-state index contributed by atoms with van der Waals surface area (Å²) in [6.07, 6.45) is 29.1. The number of benzene rings is 14. The Kier molecular flexibility index (Phi) is 17.8. The van der Waals surface area contributed by atoms with Crippen LogP contribution in [0, 0.1) is 0 Å². The highest BCUT2D eigenvalue weighted by Crippen LogP contribution is 2.72. The maximum Gasteiger partial charge on any atom is 0.144 e. The van der Waals surface area contributed by atoms with E-state index in [0.29, 0.717) is 0 Å². The van der Waals surface area contributed by atoms with Crippen LogP contribution in [-0.4, -0.2) is 0 Å². The first-order valence-electron chi connectivity index (χ1n) is 46.0. The predicted octanol–water partition coefficient (Wildman–Crippen LogP) is 33.5. The van der Waals surface area contributed by atoms with Gasteiger partial charge in [-0.25, -0.2) is 0 Å². The van der Waals surface area contributed by atoms with Crippen molar-refractivity contribution in [3.8, 4) is 66.8 Å². The van der Waals surface area contributed by atoms with Crippen molar-refractivity contribution < 1.29 is 13.3 Å². The third kappa shape index (κ3) is 10.4. The molecule has 0 fully saturated rings. The molecule has 0 N–H and O–H groups in total. The molecule has 23 rings (SSSR count). The highest BCUT2D eigenvalue weighted by atomic mass is 16.3. The first-order chi connectivity index (χ1) is 59.4. The Morgan fingerprint density at radius 1 is 0.225 bits per heavy atom. The highest BCUT2D eigenvalue weighted by molar-refractivity contribution is 6.22. The Hall–Kier alpha value is -11.7. The molecule has 4 heteroatoms. The van der Waals surface area contributed by atoms with Crippen LogP contribution in [0.4, 0.5) is 17.1 Å². The van der Waals surface area contributed by atoms with Crippen molar-refractivity contribution in [1.29, 1.82) is 0 Å². The maximum atomic E-state index is 7.70. The molecular weight excluding hydrogens is 1460 g/mol. The summed E-state index contributed by atoms with van der Waals surface area (Å²) < 4.78 is 21.7. The fourth-order valence-corrected chi connectivity index (χ4v) is 25.0. The molecule has 4 nitrogen and oxygen atoms in total. The first kappa shape index (κ1) is 73.4. The number of hydrogen-bond acceptors (Lipinski definition) is 4. The summed E-state index contributed by atoms with van der Waals surface area (Å²) >= 11 is 0. The van der Waals surface area contributed by atoms with Crippen LogP contribution in [0.25, 0.3) is 133 Å². The van der Waals surface area contributed by atoms with Gasteiger partial charge in [-0.05, 0) is 226 Å². The van der Waals surface area contributed by atoms with Crippen LogP contribution >= 0.6 is 0 Å². The van der Waals surface area contributed by atoms with E-state index in [9.17, 15) is 0 Å². The van der Waals surface area contributed by atoms with Crippen LogP contribution < -0.4 is 4.90 Å². The first-order valence-corrected chi connectivity index (χ1v) is 46.0. The lowest BCUT2D eigenvalue weighted by Crippen LogP contribution is -2.33. The number of furan rings is 3.